The van der Waals surface area contributed by atoms with Gasteiger partial charge in [0.05, 0.1) is 25.4 Å². The molecule has 0 amide bonds. The van der Waals surface area contributed by atoms with Gasteiger partial charge in [0.15, 0.2) is 0 Å². The molecule has 7 nitrogen and oxygen atoms in total. The van der Waals surface area contributed by atoms with Crippen LogP contribution in [0.4, 0.5) is 0 Å². The minimum Gasteiger partial charge on any atom is -0.497 e. The minimum atomic E-state index is -0.667. The van der Waals surface area contributed by atoms with E-state index in [9.17, 15) is 5.11 Å². The Balaban J connectivity index is 1.96. The molecule has 2 atom stereocenters. The van der Waals surface area contributed by atoms with Gasteiger partial charge in [0, 0.05) is 31.7 Å². The van der Waals surface area contributed by atoms with Crippen molar-refractivity contribution in [1.82, 2.24) is 14.7 Å². The van der Waals surface area contributed by atoms with Gasteiger partial charge in [0.2, 0.25) is 5.88 Å². The Morgan fingerprint density at radius 2 is 1.80 bits per heavy atom. The molecule has 0 bridgehead atoms. The van der Waals surface area contributed by atoms with Gasteiger partial charge in [-0.15, -0.1) is 6.42 Å². The average Bonchev–Trinajstić information content (AvgIpc) is 3.18. The average molecular weight is 478 g/mol. The van der Waals surface area contributed by atoms with E-state index in [-0.39, 0.29) is 19.3 Å². The highest BCUT2D eigenvalue weighted by Gasteiger charge is 2.25. The van der Waals surface area contributed by atoms with E-state index in [0.29, 0.717) is 24.7 Å². The van der Waals surface area contributed by atoms with Crippen molar-refractivity contribution in [3.05, 3.63) is 60.2 Å². The van der Waals surface area contributed by atoms with Crippen molar-refractivity contribution < 1.29 is 19.3 Å². The maximum absolute atomic E-state index is 10.6. The number of aliphatic hydroxyl groups is 1. The first-order chi connectivity index (χ1) is 17.0. The summed E-state index contributed by atoms with van der Waals surface area (Å²) in [6.45, 7) is 5.63. The summed E-state index contributed by atoms with van der Waals surface area (Å²) in [7, 11) is 3.52. The molecule has 1 N–H and O–H groups in total. The summed E-state index contributed by atoms with van der Waals surface area (Å²) in [5.74, 6) is 4.54. The number of aromatic nitrogens is 2. The van der Waals surface area contributed by atoms with E-state index in [1.165, 1.54) is 0 Å². The van der Waals surface area contributed by atoms with Crippen molar-refractivity contribution in [2.75, 3.05) is 26.9 Å². The van der Waals surface area contributed by atoms with Gasteiger partial charge in [0.25, 0.3) is 0 Å². The zero-order valence-electron chi connectivity index (χ0n) is 21.0. The number of ether oxygens (including phenoxy) is 3. The van der Waals surface area contributed by atoms with Gasteiger partial charge in [-0.3, -0.25) is 4.90 Å². The van der Waals surface area contributed by atoms with Crippen LogP contribution in [-0.4, -0.2) is 58.8 Å². The molecule has 186 valence electrons. The van der Waals surface area contributed by atoms with Gasteiger partial charge < -0.3 is 19.3 Å². The fourth-order valence-corrected chi connectivity index (χ4v) is 3.84. The number of nitrogens with zero attached hydrogens (tertiary/aromatic N) is 3. The number of terminal acetylenes is 1. The monoisotopic (exact) mass is 477 g/mol. The second-order valence-corrected chi connectivity index (χ2v) is 8.46. The predicted molar refractivity (Wildman–Crippen MR) is 138 cm³/mol. The molecule has 0 unspecified atom stereocenters. The zero-order valence-corrected chi connectivity index (χ0v) is 21.0. The molecule has 35 heavy (non-hydrogen) atoms. The smallest absolute Gasteiger partial charge is 0.222 e. The summed E-state index contributed by atoms with van der Waals surface area (Å²) >= 11 is 0. The molecule has 7 heteroatoms. The Bertz CT molecular complexity index is 1090. The summed E-state index contributed by atoms with van der Waals surface area (Å²) in [6, 6.07) is 17.7. The van der Waals surface area contributed by atoms with Crippen LogP contribution >= 0.6 is 0 Å². The molecule has 0 radical (unpaired) electrons. The molecular weight excluding hydrogens is 442 g/mol. The van der Waals surface area contributed by atoms with E-state index in [0.717, 1.165) is 29.0 Å². The molecule has 2 aromatic carbocycles. The zero-order chi connectivity index (χ0) is 25.2. The first-order valence-corrected chi connectivity index (χ1v) is 11.8. The molecule has 0 aliphatic heterocycles. The third kappa shape index (κ3) is 7.09. The van der Waals surface area contributed by atoms with E-state index in [4.69, 9.17) is 25.7 Å². The summed E-state index contributed by atoms with van der Waals surface area (Å²) in [6.07, 6.45) is 5.52. The van der Waals surface area contributed by atoms with Crippen molar-refractivity contribution in [3.8, 4) is 41.0 Å². The van der Waals surface area contributed by atoms with Gasteiger partial charge in [-0.05, 0) is 37.6 Å². The SMILES string of the molecule is C#CCOC[C@H](O)CN(Cc1c(-c2ccccc2)nn(C)c1Oc1ccc(OC)cc1)[C@H](C)CC. The van der Waals surface area contributed by atoms with Gasteiger partial charge in [-0.1, -0.05) is 43.2 Å². The quantitative estimate of drug-likeness (QED) is 0.289. The first kappa shape index (κ1) is 26.3. The van der Waals surface area contributed by atoms with Crippen molar-refractivity contribution in [2.45, 2.75) is 39.0 Å². The van der Waals surface area contributed by atoms with Crippen LogP contribution in [0.25, 0.3) is 11.3 Å². The number of hydrogen-bond donors (Lipinski definition) is 1. The third-order valence-electron chi connectivity index (χ3n) is 5.93. The molecule has 3 rings (SSSR count). The highest BCUT2D eigenvalue weighted by atomic mass is 16.5. The fourth-order valence-electron chi connectivity index (χ4n) is 3.84. The van der Waals surface area contributed by atoms with Gasteiger partial charge >= 0.3 is 0 Å². The molecule has 0 saturated heterocycles. The van der Waals surface area contributed by atoms with Crippen molar-refractivity contribution in [2.24, 2.45) is 7.05 Å². The Hall–Kier alpha value is -3.31. The maximum Gasteiger partial charge on any atom is 0.222 e. The lowest BCUT2D eigenvalue weighted by Crippen LogP contribution is -2.40. The molecule has 0 fully saturated rings. The minimum absolute atomic E-state index is 0.182. The standard InChI is InChI=1S/C28H35N3O4/c1-6-17-34-20-23(32)18-31(21(3)7-2)19-26-27(22-11-9-8-10-12-22)29-30(4)28(26)35-25-15-13-24(33-5)14-16-25/h1,8-16,21,23,32H,7,17-20H2,2-5H3/t21-,23-/m1/s1. The number of benzene rings is 2. The lowest BCUT2D eigenvalue weighted by molar-refractivity contribution is 0.0169. The highest BCUT2D eigenvalue weighted by Crippen LogP contribution is 2.35. The van der Waals surface area contributed by atoms with E-state index in [1.807, 2.05) is 61.6 Å². The van der Waals surface area contributed by atoms with Crippen LogP contribution in [0, 0.1) is 12.3 Å². The summed E-state index contributed by atoms with van der Waals surface area (Å²) in [5.41, 5.74) is 2.80. The molecule has 0 saturated carbocycles. The molecule has 1 aromatic heterocycles. The number of aliphatic hydroxyl groups excluding tert-OH is 1. The first-order valence-electron chi connectivity index (χ1n) is 11.8. The van der Waals surface area contributed by atoms with Crippen LogP contribution in [-0.2, 0) is 18.3 Å². The van der Waals surface area contributed by atoms with Crippen LogP contribution in [0.5, 0.6) is 17.4 Å². The van der Waals surface area contributed by atoms with E-state index >= 15 is 0 Å². The largest absolute Gasteiger partial charge is 0.497 e. The van der Waals surface area contributed by atoms with Crippen LogP contribution in [0.1, 0.15) is 25.8 Å². The van der Waals surface area contributed by atoms with Gasteiger partial charge in [0.1, 0.15) is 23.8 Å². The Morgan fingerprint density at radius 3 is 2.43 bits per heavy atom. The topological polar surface area (TPSA) is 69.0 Å². The number of rotatable bonds is 13. The van der Waals surface area contributed by atoms with Crippen LogP contribution in [0.3, 0.4) is 0 Å². The molecule has 1 heterocycles. The van der Waals surface area contributed by atoms with Crippen molar-refractivity contribution in [1.29, 1.82) is 0 Å². The molecular formula is C28H35N3O4. The number of hydrogen-bond acceptors (Lipinski definition) is 6. The maximum atomic E-state index is 10.6. The van der Waals surface area contributed by atoms with Crippen LogP contribution < -0.4 is 9.47 Å². The van der Waals surface area contributed by atoms with E-state index < -0.39 is 6.10 Å². The molecule has 0 aliphatic carbocycles. The number of methoxy groups -OCH3 is 1. The van der Waals surface area contributed by atoms with Crippen LogP contribution in [0.15, 0.2) is 54.6 Å². The second kappa shape index (κ2) is 13.0. The van der Waals surface area contributed by atoms with E-state index in [2.05, 4.69) is 24.7 Å². The highest BCUT2D eigenvalue weighted by molar-refractivity contribution is 5.65. The Kier molecular flexibility index (Phi) is 9.74. The summed E-state index contributed by atoms with van der Waals surface area (Å²) in [4.78, 5) is 2.23. The lowest BCUT2D eigenvalue weighted by Gasteiger charge is -2.30. The van der Waals surface area contributed by atoms with Crippen LogP contribution in [0.2, 0.25) is 0 Å². The molecule has 3 aromatic rings. The molecule has 0 spiro atoms. The third-order valence-corrected chi connectivity index (χ3v) is 5.93. The Morgan fingerprint density at radius 1 is 1.11 bits per heavy atom. The fraction of sp³-hybridized carbons (Fsp3) is 0.393. The second-order valence-electron chi connectivity index (χ2n) is 8.46. The van der Waals surface area contributed by atoms with Crippen molar-refractivity contribution in [3.63, 3.8) is 0 Å². The Labute approximate surface area is 208 Å². The lowest BCUT2D eigenvalue weighted by atomic mass is 10.1. The summed E-state index contributed by atoms with van der Waals surface area (Å²) in [5, 5.41) is 15.4. The van der Waals surface area contributed by atoms with E-state index in [1.54, 1.807) is 11.8 Å². The summed E-state index contributed by atoms with van der Waals surface area (Å²) < 4.78 is 18.7. The predicted octanol–water partition coefficient (Wildman–Crippen LogP) is 4.50. The molecule has 0 aliphatic rings. The van der Waals surface area contributed by atoms with Gasteiger partial charge in [-0.25, -0.2) is 4.68 Å². The van der Waals surface area contributed by atoms with Gasteiger partial charge in [-0.2, -0.15) is 5.10 Å². The normalized spacial score (nSPS) is 12.8. The van der Waals surface area contributed by atoms with Crippen molar-refractivity contribution >= 4 is 0 Å². The number of aryl methyl sites for hydroxylation is 1.